The maximum absolute atomic E-state index is 11.5. The van der Waals surface area contributed by atoms with E-state index in [1.165, 1.54) is 17.7 Å². The lowest BCUT2D eigenvalue weighted by molar-refractivity contribution is 0.583. The molecule has 0 spiro atoms. The zero-order valence-corrected chi connectivity index (χ0v) is 8.15. The predicted molar refractivity (Wildman–Crippen MR) is 50.9 cm³/mol. The van der Waals surface area contributed by atoms with Crippen LogP contribution in [0, 0.1) is 11.3 Å². The third-order valence-electron chi connectivity index (χ3n) is 1.96. The van der Waals surface area contributed by atoms with Gasteiger partial charge in [0.25, 0.3) is 5.56 Å². The minimum Gasteiger partial charge on any atom is -0.284 e. The molecular formula is C9H11N3O2. The average Bonchev–Trinajstić information content (AvgIpc) is 2.19. The Labute approximate surface area is 80.8 Å². The summed E-state index contributed by atoms with van der Waals surface area (Å²) in [5, 5.41) is 8.73. The van der Waals surface area contributed by atoms with E-state index in [-0.39, 0.29) is 5.69 Å². The first-order valence-corrected chi connectivity index (χ1v) is 4.32. The molecule has 1 heterocycles. The molecule has 0 aliphatic carbocycles. The molecule has 14 heavy (non-hydrogen) atoms. The number of rotatable bonds is 2. The Balaban J connectivity index is 3.56. The predicted octanol–water partition coefficient (Wildman–Crippen LogP) is -0.171. The SMILES string of the molecule is CCCn1c(C#N)cc(=O)n(C)c1=O. The lowest BCUT2D eigenvalue weighted by Gasteiger charge is -2.07. The van der Waals surface area contributed by atoms with Gasteiger partial charge in [0, 0.05) is 19.7 Å². The van der Waals surface area contributed by atoms with E-state index in [1.54, 1.807) is 0 Å². The molecule has 0 radical (unpaired) electrons. The van der Waals surface area contributed by atoms with E-state index in [4.69, 9.17) is 5.26 Å². The van der Waals surface area contributed by atoms with Gasteiger partial charge in [-0.1, -0.05) is 6.92 Å². The van der Waals surface area contributed by atoms with Crippen molar-refractivity contribution < 1.29 is 0 Å². The summed E-state index contributed by atoms with van der Waals surface area (Å²) in [7, 11) is 1.40. The minimum absolute atomic E-state index is 0.125. The van der Waals surface area contributed by atoms with Crippen LogP contribution in [0.15, 0.2) is 15.7 Å². The topological polar surface area (TPSA) is 67.8 Å². The number of hydrogen-bond donors (Lipinski definition) is 0. The Kier molecular flexibility index (Phi) is 2.87. The van der Waals surface area contributed by atoms with Gasteiger partial charge in [0.2, 0.25) is 0 Å². The first-order chi connectivity index (χ1) is 6.61. The van der Waals surface area contributed by atoms with Gasteiger partial charge < -0.3 is 0 Å². The molecule has 74 valence electrons. The lowest BCUT2D eigenvalue weighted by Crippen LogP contribution is -2.38. The fourth-order valence-electron chi connectivity index (χ4n) is 1.20. The molecule has 1 rings (SSSR count). The second kappa shape index (κ2) is 3.92. The monoisotopic (exact) mass is 193 g/mol. The smallest absolute Gasteiger partial charge is 0.284 e. The van der Waals surface area contributed by atoms with Crippen molar-refractivity contribution in [1.82, 2.24) is 9.13 Å². The number of nitrogens with zero attached hydrogens (tertiary/aromatic N) is 3. The van der Waals surface area contributed by atoms with Crippen LogP contribution in [-0.2, 0) is 13.6 Å². The van der Waals surface area contributed by atoms with Gasteiger partial charge in [0.15, 0.2) is 0 Å². The third-order valence-corrected chi connectivity index (χ3v) is 1.96. The van der Waals surface area contributed by atoms with Crippen molar-refractivity contribution in [1.29, 1.82) is 5.26 Å². The highest BCUT2D eigenvalue weighted by molar-refractivity contribution is 5.18. The fourth-order valence-corrected chi connectivity index (χ4v) is 1.20. The summed E-state index contributed by atoms with van der Waals surface area (Å²) in [5.41, 5.74) is -0.755. The molecule has 5 nitrogen and oxygen atoms in total. The summed E-state index contributed by atoms with van der Waals surface area (Å²) in [6, 6.07) is 3.02. The van der Waals surface area contributed by atoms with Gasteiger partial charge in [-0.3, -0.25) is 13.9 Å². The van der Waals surface area contributed by atoms with Crippen LogP contribution in [0.4, 0.5) is 0 Å². The van der Waals surface area contributed by atoms with Crippen LogP contribution in [0.5, 0.6) is 0 Å². The molecule has 0 fully saturated rings. The molecule has 0 unspecified atom stereocenters. The van der Waals surface area contributed by atoms with Crippen LogP contribution in [0.3, 0.4) is 0 Å². The van der Waals surface area contributed by atoms with Gasteiger partial charge in [-0.25, -0.2) is 4.79 Å². The molecule has 1 aromatic rings. The first kappa shape index (κ1) is 10.3. The molecule has 0 saturated heterocycles. The van der Waals surface area contributed by atoms with E-state index in [0.717, 1.165) is 11.0 Å². The van der Waals surface area contributed by atoms with E-state index in [2.05, 4.69) is 0 Å². The standard InChI is InChI=1S/C9H11N3O2/c1-3-4-12-7(6-10)5-8(13)11(2)9(12)14/h5H,3-4H2,1-2H3. The highest BCUT2D eigenvalue weighted by Crippen LogP contribution is 1.92. The molecule has 0 saturated carbocycles. The highest BCUT2D eigenvalue weighted by Gasteiger charge is 2.06. The van der Waals surface area contributed by atoms with Crippen molar-refractivity contribution in [2.24, 2.45) is 7.05 Å². The molecule has 5 heteroatoms. The summed E-state index contributed by atoms with van der Waals surface area (Å²) in [6.45, 7) is 2.36. The van der Waals surface area contributed by atoms with Crippen molar-refractivity contribution in [3.63, 3.8) is 0 Å². The Hall–Kier alpha value is -1.83. The summed E-state index contributed by atoms with van der Waals surface area (Å²) < 4.78 is 2.30. The highest BCUT2D eigenvalue weighted by atomic mass is 16.2. The minimum atomic E-state index is -0.445. The maximum atomic E-state index is 11.5. The third kappa shape index (κ3) is 1.59. The Morgan fingerprint density at radius 3 is 2.64 bits per heavy atom. The Morgan fingerprint density at radius 1 is 1.50 bits per heavy atom. The molecule has 0 bridgehead atoms. The van der Waals surface area contributed by atoms with Gasteiger partial charge in [0.1, 0.15) is 11.8 Å². The largest absolute Gasteiger partial charge is 0.331 e. The molecule has 0 N–H and O–H groups in total. The van der Waals surface area contributed by atoms with Gasteiger partial charge in [-0.15, -0.1) is 0 Å². The molecule has 0 aliphatic rings. The quantitative estimate of drug-likeness (QED) is 0.654. The average molecular weight is 193 g/mol. The van der Waals surface area contributed by atoms with Crippen LogP contribution in [0.1, 0.15) is 19.0 Å². The summed E-state index contributed by atoms with van der Waals surface area (Å²) in [4.78, 5) is 22.7. The van der Waals surface area contributed by atoms with Gasteiger partial charge in [0.05, 0.1) is 0 Å². The summed E-state index contributed by atoms with van der Waals surface area (Å²) in [5.74, 6) is 0. The van der Waals surface area contributed by atoms with E-state index >= 15 is 0 Å². The van der Waals surface area contributed by atoms with E-state index in [1.807, 2.05) is 13.0 Å². The van der Waals surface area contributed by atoms with Crippen molar-refractivity contribution in [3.8, 4) is 6.07 Å². The van der Waals surface area contributed by atoms with Crippen LogP contribution < -0.4 is 11.2 Å². The lowest BCUT2D eigenvalue weighted by atomic mass is 10.4. The molecular weight excluding hydrogens is 182 g/mol. The van der Waals surface area contributed by atoms with E-state index in [9.17, 15) is 9.59 Å². The number of hydrogen-bond acceptors (Lipinski definition) is 3. The number of aromatic nitrogens is 2. The van der Waals surface area contributed by atoms with Gasteiger partial charge in [-0.05, 0) is 6.42 Å². The normalized spacial score (nSPS) is 9.79. The second-order valence-corrected chi connectivity index (χ2v) is 2.97. The van der Waals surface area contributed by atoms with Crippen molar-refractivity contribution >= 4 is 0 Å². The van der Waals surface area contributed by atoms with Gasteiger partial charge >= 0.3 is 5.69 Å². The van der Waals surface area contributed by atoms with Crippen LogP contribution in [0.2, 0.25) is 0 Å². The number of nitriles is 1. The molecule has 0 aromatic carbocycles. The first-order valence-electron chi connectivity index (χ1n) is 4.32. The van der Waals surface area contributed by atoms with E-state index < -0.39 is 11.2 Å². The fraction of sp³-hybridized carbons (Fsp3) is 0.444. The maximum Gasteiger partial charge on any atom is 0.331 e. The second-order valence-electron chi connectivity index (χ2n) is 2.97. The van der Waals surface area contributed by atoms with Crippen LogP contribution in [-0.4, -0.2) is 9.13 Å². The molecule has 1 aromatic heterocycles. The Bertz CT molecular complexity index is 490. The zero-order chi connectivity index (χ0) is 10.7. The Morgan fingerprint density at radius 2 is 2.14 bits per heavy atom. The summed E-state index contributed by atoms with van der Waals surface area (Å²) >= 11 is 0. The molecule has 0 amide bonds. The van der Waals surface area contributed by atoms with Crippen molar-refractivity contribution in [2.45, 2.75) is 19.9 Å². The van der Waals surface area contributed by atoms with Crippen LogP contribution in [0.25, 0.3) is 0 Å². The molecule has 0 aliphatic heterocycles. The van der Waals surface area contributed by atoms with Crippen LogP contribution >= 0.6 is 0 Å². The van der Waals surface area contributed by atoms with Crippen molar-refractivity contribution in [3.05, 3.63) is 32.6 Å². The van der Waals surface area contributed by atoms with Crippen molar-refractivity contribution in [2.75, 3.05) is 0 Å². The van der Waals surface area contributed by atoms with Gasteiger partial charge in [-0.2, -0.15) is 5.26 Å². The zero-order valence-electron chi connectivity index (χ0n) is 8.15. The summed E-state index contributed by atoms with van der Waals surface area (Å²) in [6.07, 6.45) is 0.743. The van der Waals surface area contributed by atoms with E-state index in [0.29, 0.717) is 6.54 Å². The molecule has 0 atom stereocenters.